The highest BCUT2D eigenvalue weighted by Gasteiger charge is 2.20. The standard InChI is InChI=1S/C17H27ClN2O/c1-4-20(13-14-7-5-6-8-15(14)18)16(21)9-10-17(2,3)11-12-19/h5-8H,4,9-13,19H2,1-3H3. The van der Waals surface area contributed by atoms with E-state index in [1.165, 1.54) is 0 Å². The van der Waals surface area contributed by atoms with Gasteiger partial charge < -0.3 is 10.6 Å². The monoisotopic (exact) mass is 310 g/mol. The molecule has 0 heterocycles. The van der Waals surface area contributed by atoms with Gasteiger partial charge in [0.15, 0.2) is 0 Å². The Morgan fingerprint density at radius 1 is 1.29 bits per heavy atom. The third kappa shape index (κ3) is 6.06. The minimum atomic E-state index is 0.119. The van der Waals surface area contributed by atoms with Crippen molar-refractivity contribution >= 4 is 17.5 Å². The minimum Gasteiger partial charge on any atom is -0.339 e. The molecule has 3 nitrogen and oxygen atoms in total. The molecule has 0 spiro atoms. The van der Waals surface area contributed by atoms with Crippen LogP contribution in [0.15, 0.2) is 24.3 Å². The van der Waals surface area contributed by atoms with Gasteiger partial charge in [0.2, 0.25) is 5.91 Å². The summed E-state index contributed by atoms with van der Waals surface area (Å²) in [5.74, 6) is 0.183. The van der Waals surface area contributed by atoms with Gasteiger partial charge in [-0.15, -0.1) is 0 Å². The van der Waals surface area contributed by atoms with E-state index in [0.717, 1.165) is 18.4 Å². The molecule has 0 aromatic heterocycles. The summed E-state index contributed by atoms with van der Waals surface area (Å²) < 4.78 is 0. The molecular weight excluding hydrogens is 284 g/mol. The lowest BCUT2D eigenvalue weighted by Crippen LogP contribution is -2.31. The van der Waals surface area contributed by atoms with Crippen molar-refractivity contribution in [3.8, 4) is 0 Å². The Balaban J connectivity index is 2.60. The molecular formula is C17H27ClN2O. The number of hydrogen-bond donors (Lipinski definition) is 1. The molecule has 0 atom stereocenters. The Morgan fingerprint density at radius 3 is 2.52 bits per heavy atom. The molecule has 0 unspecified atom stereocenters. The Hall–Kier alpha value is -1.06. The maximum atomic E-state index is 12.4. The molecule has 0 aliphatic carbocycles. The van der Waals surface area contributed by atoms with Crippen LogP contribution in [-0.4, -0.2) is 23.9 Å². The van der Waals surface area contributed by atoms with Gasteiger partial charge in [-0.1, -0.05) is 43.6 Å². The lowest BCUT2D eigenvalue weighted by Gasteiger charge is -2.26. The van der Waals surface area contributed by atoms with Crippen LogP contribution in [0.5, 0.6) is 0 Å². The second kappa shape index (κ2) is 8.40. The molecule has 0 aliphatic rings. The zero-order chi connectivity index (χ0) is 15.9. The first-order valence-corrected chi connectivity index (χ1v) is 7.98. The van der Waals surface area contributed by atoms with E-state index in [1.807, 2.05) is 36.1 Å². The predicted octanol–water partition coefficient (Wildman–Crippen LogP) is 3.84. The molecule has 0 bridgehead atoms. The number of nitrogens with zero attached hydrogens (tertiary/aromatic N) is 1. The van der Waals surface area contributed by atoms with E-state index >= 15 is 0 Å². The van der Waals surface area contributed by atoms with Gasteiger partial charge in [0.25, 0.3) is 0 Å². The topological polar surface area (TPSA) is 46.3 Å². The van der Waals surface area contributed by atoms with E-state index in [0.29, 0.717) is 31.1 Å². The third-order valence-electron chi connectivity index (χ3n) is 3.89. The molecule has 1 rings (SSSR count). The van der Waals surface area contributed by atoms with Gasteiger partial charge in [0.1, 0.15) is 0 Å². The molecule has 2 N–H and O–H groups in total. The summed E-state index contributed by atoms with van der Waals surface area (Å²) in [6.45, 7) is 8.26. The summed E-state index contributed by atoms with van der Waals surface area (Å²) >= 11 is 6.17. The van der Waals surface area contributed by atoms with Gasteiger partial charge in [-0.2, -0.15) is 0 Å². The maximum Gasteiger partial charge on any atom is 0.222 e. The van der Waals surface area contributed by atoms with E-state index < -0.39 is 0 Å². The fourth-order valence-electron chi connectivity index (χ4n) is 2.33. The number of carbonyl (C=O) groups is 1. The highest BCUT2D eigenvalue weighted by Crippen LogP contribution is 2.26. The van der Waals surface area contributed by atoms with E-state index in [2.05, 4.69) is 13.8 Å². The van der Waals surface area contributed by atoms with Crippen LogP contribution in [0, 0.1) is 5.41 Å². The summed E-state index contributed by atoms with van der Waals surface area (Å²) in [5.41, 5.74) is 6.73. The molecule has 0 fully saturated rings. The molecule has 118 valence electrons. The van der Waals surface area contributed by atoms with Gasteiger partial charge in [0, 0.05) is 24.5 Å². The molecule has 1 aromatic rings. The number of benzene rings is 1. The van der Waals surface area contributed by atoms with E-state index in [-0.39, 0.29) is 11.3 Å². The Kier molecular flexibility index (Phi) is 7.20. The third-order valence-corrected chi connectivity index (χ3v) is 4.26. The van der Waals surface area contributed by atoms with Gasteiger partial charge in [-0.05, 0) is 43.4 Å². The van der Waals surface area contributed by atoms with Crippen LogP contribution < -0.4 is 5.73 Å². The smallest absolute Gasteiger partial charge is 0.222 e. The van der Waals surface area contributed by atoms with Gasteiger partial charge in [0.05, 0.1) is 0 Å². The van der Waals surface area contributed by atoms with Crippen LogP contribution in [0.1, 0.15) is 45.6 Å². The number of nitrogens with two attached hydrogens (primary N) is 1. The van der Waals surface area contributed by atoms with E-state index in [9.17, 15) is 4.79 Å². The lowest BCUT2D eigenvalue weighted by atomic mass is 9.84. The van der Waals surface area contributed by atoms with Crippen molar-refractivity contribution in [2.45, 2.75) is 46.6 Å². The van der Waals surface area contributed by atoms with Crippen molar-refractivity contribution in [3.63, 3.8) is 0 Å². The number of rotatable bonds is 8. The fourth-order valence-corrected chi connectivity index (χ4v) is 2.52. The fraction of sp³-hybridized carbons (Fsp3) is 0.588. The van der Waals surface area contributed by atoms with Crippen molar-refractivity contribution < 1.29 is 4.79 Å². The molecule has 0 radical (unpaired) electrons. The molecule has 4 heteroatoms. The van der Waals surface area contributed by atoms with Crippen molar-refractivity contribution in [3.05, 3.63) is 34.9 Å². The number of hydrogen-bond acceptors (Lipinski definition) is 2. The van der Waals surface area contributed by atoms with Crippen LogP contribution in [0.2, 0.25) is 5.02 Å². The summed E-state index contributed by atoms with van der Waals surface area (Å²) in [7, 11) is 0. The Labute approximate surface area is 133 Å². The normalized spacial score (nSPS) is 11.5. The molecule has 0 saturated carbocycles. The highest BCUT2D eigenvalue weighted by molar-refractivity contribution is 6.31. The van der Waals surface area contributed by atoms with Crippen LogP contribution in [0.4, 0.5) is 0 Å². The first-order chi connectivity index (χ1) is 9.89. The number of halogens is 1. The predicted molar refractivity (Wildman–Crippen MR) is 89.2 cm³/mol. The second-order valence-corrected chi connectivity index (χ2v) is 6.61. The average Bonchev–Trinajstić information content (AvgIpc) is 2.44. The molecule has 0 saturated heterocycles. The van der Waals surface area contributed by atoms with Crippen LogP contribution in [-0.2, 0) is 11.3 Å². The average molecular weight is 311 g/mol. The van der Waals surface area contributed by atoms with Crippen LogP contribution in [0.3, 0.4) is 0 Å². The van der Waals surface area contributed by atoms with Gasteiger partial charge in [-0.25, -0.2) is 0 Å². The number of amides is 1. The largest absolute Gasteiger partial charge is 0.339 e. The van der Waals surface area contributed by atoms with Crippen molar-refractivity contribution in [1.82, 2.24) is 4.90 Å². The SMILES string of the molecule is CCN(Cc1ccccc1Cl)C(=O)CCC(C)(C)CCN. The van der Waals surface area contributed by atoms with Crippen molar-refractivity contribution in [2.24, 2.45) is 11.1 Å². The second-order valence-electron chi connectivity index (χ2n) is 6.20. The van der Waals surface area contributed by atoms with Gasteiger partial charge >= 0.3 is 0 Å². The Morgan fingerprint density at radius 2 is 1.95 bits per heavy atom. The lowest BCUT2D eigenvalue weighted by molar-refractivity contribution is -0.132. The minimum absolute atomic E-state index is 0.119. The summed E-state index contributed by atoms with van der Waals surface area (Å²) in [5, 5.41) is 0.715. The van der Waals surface area contributed by atoms with Crippen molar-refractivity contribution in [1.29, 1.82) is 0 Å². The van der Waals surface area contributed by atoms with Crippen LogP contribution in [0.25, 0.3) is 0 Å². The van der Waals surface area contributed by atoms with Gasteiger partial charge in [-0.3, -0.25) is 4.79 Å². The summed E-state index contributed by atoms with van der Waals surface area (Å²) in [6, 6.07) is 7.68. The molecule has 1 aromatic carbocycles. The molecule has 0 aliphatic heterocycles. The first kappa shape index (κ1) is 18.0. The zero-order valence-electron chi connectivity index (χ0n) is 13.4. The zero-order valence-corrected chi connectivity index (χ0v) is 14.1. The molecule has 21 heavy (non-hydrogen) atoms. The molecule has 1 amide bonds. The van der Waals surface area contributed by atoms with Crippen molar-refractivity contribution in [2.75, 3.05) is 13.1 Å². The number of carbonyl (C=O) groups excluding carboxylic acids is 1. The van der Waals surface area contributed by atoms with Crippen LogP contribution >= 0.6 is 11.6 Å². The Bertz CT molecular complexity index is 460. The summed E-state index contributed by atoms with van der Waals surface area (Å²) in [6.07, 6.45) is 2.37. The first-order valence-electron chi connectivity index (χ1n) is 7.61. The van der Waals surface area contributed by atoms with E-state index in [4.69, 9.17) is 17.3 Å². The summed E-state index contributed by atoms with van der Waals surface area (Å²) in [4.78, 5) is 14.3. The van der Waals surface area contributed by atoms with E-state index in [1.54, 1.807) is 0 Å². The maximum absolute atomic E-state index is 12.4. The highest BCUT2D eigenvalue weighted by atomic mass is 35.5. The quantitative estimate of drug-likeness (QED) is 0.793.